The number of alkyl halides is 1. The molecule has 0 aliphatic heterocycles. The largest absolute Gasteiger partial charge is 0.326 e. The molecule has 2 nitrogen and oxygen atoms in total. The number of para-hydroxylation sites is 1. The lowest BCUT2D eigenvalue weighted by molar-refractivity contribution is 0.777. The van der Waals surface area contributed by atoms with Gasteiger partial charge in [0.05, 0.1) is 0 Å². The molecule has 0 aliphatic rings. The van der Waals surface area contributed by atoms with Crippen molar-refractivity contribution in [3.8, 4) is 0 Å². The van der Waals surface area contributed by atoms with Crippen LogP contribution >= 0.6 is 11.6 Å². The van der Waals surface area contributed by atoms with Crippen LogP contribution in [0.3, 0.4) is 0 Å². The zero-order chi connectivity index (χ0) is 15.1. The SMILES string of the molecule is CCCCN(c1ccccc1)c1cc(CCl)cc(CC)n1. The van der Waals surface area contributed by atoms with Crippen molar-refractivity contribution in [1.82, 2.24) is 4.98 Å². The van der Waals surface area contributed by atoms with Crippen molar-refractivity contribution >= 4 is 23.1 Å². The summed E-state index contributed by atoms with van der Waals surface area (Å²) in [6.45, 7) is 5.31. The third-order valence-electron chi connectivity index (χ3n) is 3.52. The molecule has 0 spiro atoms. The minimum absolute atomic E-state index is 0.527. The topological polar surface area (TPSA) is 16.1 Å². The summed E-state index contributed by atoms with van der Waals surface area (Å²) in [5.74, 6) is 1.53. The van der Waals surface area contributed by atoms with E-state index in [1.807, 2.05) is 6.07 Å². The molecule has 1 aromatic heterocycles. The van der Waals surface area contributed by atoms with E-state index >= 15 is 0 Å². The van der Waals surface area contributed by atoms with Gasteiger partial charge in [-0.1, -0.05) is 38.5 Å². The van der Waals surface area contributed by atoms with E-state index in [1.54, 1.807) is 0 Å². The second-order valence-electron chi connectivity index (χ2n) is 5.15. The van der Waals surface area contributed by atoms with Gasteiger partial charge in [-0.15, -0.1) is 11.6 Å². The zero-order valence-corrected chi connectivity index (χ0v) is 13.6. The van der Waals surface area contributed by atoms with E-state index < -0.39 is 0 Å². The maximum Gasteiger partial charge on any atom is 0.133 e. The van der Waals surface area contributed by atoms with Gasteiger partial charge in [-0.25, -0.2) is 4.98 Å². The second-order valence-corrected chi connectivity index (χ2v) is 5.42. The first-order valence-corrected chi connectivity index (χ1v) is 8.20. The molecule has 0 saturated heterocycles. The lowest BCUT2D eigenvalue weighted by atomic mass is 10.2. The van der Waals surface area contributed by atoms with E-state index in [-0.39, 0.29) is 0 Å². The highest BCUT2D eigenvalue weighted by molar-refractivity contribution is 6.17. The molecule has 0 aliphatic carbocycles. The molecule has 21 heavy (non-hydrogen) atoms. The van der Waals surface area contributed by atoms with Gasteiger partial charge in [-0.05, 0) is 42.7 Å². The fourth-order valence-electron chi connectivity index (χ4n) is 2.33. The summed E-state index contributed by atoms with van der Waals surface area (Å²) >= 11 is 6.04. The number of aromatic nitrogens is 1. The van der Waals surface area contributed by atoms with Crippen LogP contribution in [-0.2, 0) is 12.3 Å². The number of benzene rings is 1. The third kappa shape index (κ3) is 4.21. The number of halogens is 1. The number of aryl methyl sites for hydroxylation is 1. The molecule has 0 saturated carbocycles. The van der Waals surface area contributed by atoms with Gasteiger partial charge in [-0.3, -0.25) is 0 Å². The lowest BCUT2D eigenvalue weighted by Gasteiger charge is -2.25. The molecule has 2 rings (SSSR count). The smallest absolute Gasteiger partial charge is 0.133 e. The second kappa shape index (κ2) is 8.04. The molecular formula is C18H23ClN2. The molecule has 2 aromatic rings. The van der Waals surface area contributed by atoms with Crippen LogP contribution in [0.25, 0.3) is 0 Å². The standard InChI is InChI=1S/C18H23ClN2/c1-3-5-11-21(17-9-7-6-8-10-17)18-13-15(14-19)12-16(4-2)20-18/h6-10,12-13H,3-5,11,14H2,1-2H3. The van der Waals surface area contributed by atoms with Crippen molar-refractivity contribution in [3.05, 3.63) is 53.7 Å². The Balaban J connectivity index is 2.40. The molecule has 112 valence electrons. The normalized spacial score (nSPS) is 10.6. The van der Waals surface area contributed by atoms with Crippen LogP contribution in [0.1, 0.15) is 37.9 Å². The van der Waals surface area contributed by atoms with Gasteiger partial charge in [0, 0.05) is 23.8 Å². The number of hydrogen-bond acceptors (Lipinski definition) is 2. The summed E-state index contributed by atoms with van der Waals surface area (Å²) in [4.78, 5) is 7.09. The first-order valence-electron chi connectivity index (χ1n) is 7.66. The third-order valence-corrected chi connectivity index (χ3v) is 3.83. The molecule has 0 N–H and O–H groups in total. The molecule has 0 bridgehead atoms. The van der Waals surface area contributed by atoms with Gasteiger partial charge in [0.15, 0.2) is 0 Å². The van der Waals surface area contributed by atoms with Crippen LogP contribution in [0.4, 0.5) is 11.5 Å². The summed E-state index contributed by atoms with van der Waals surface area (Å²) < 4.78 is 0. The molecule has 0 radical (unpaired) electrons. The van der Waals surface area contributed by atoms with Crippen molar-refractivity contribution in [1.29, 1.82) is 0 Å². The van der Waals surface area contributed by atoms with Gasteiger partial charge in [-0.2, -0.15) is 0 Å². The van der Waals surface area contributed by atoms with Crippen LogP contribution in [0.2, 0.25) is 0 Å². The fraction of sp³-hybridized carbons (Fsp3) is 0.389. The Labute approximate surface area is 132 Å². The maximum atomic E-state index is 6.04. The Morgan fingerprint density at radius 3 is 2.48 bits per heavy atom. The Morgan fingerprint density at radius 1 is 1.10 bits per heavy atom. The molecule has 1 aromatic carbocycles. The fourth-order valence-corrected chi connectivity index (χ4v) is 2.48. The van der Waals surface area contributed by atoms with Crippen LogP contribution in [0, 0.1) is 0 Å². The number of anilines is 2. The molecule has 0 atom stereocenters. The molecule has 0 unspecified atom stereocenters. The first-order chi connectivity index (χ1) is 10.3. The van der Waals surface area contributed by atoms with E-state index in [9.17, 15) is 0 Å². The van der Waals surface area contributed by atoms with Crippen LogP contribution in [-0.4, -0.2) is 11.5 Å². The minimum Gasteiger partial charge on any atom is -0.326 e. The predicted molar refractivity (Wildman–Crippen MR) is 91.5 cm³/mol. The molecule has 1 heterocycles. The van der Waals surface area contributed by atoms with Crippen molar-refractivity contribution in [3.63, 3.8) is 0 Å². The number of rotatable bonds is 7. The highest BCUT2D eigenvalue weighted by Crippen LogP contribution is 2.26. The number of pyridine rings is 1. The summed E-state index contributed by atoms with van der Waals surface area (Å²) in [6, 6.07) is 14.7. The Kier molecular flexibility index (Phi) is 6.06. The van der Waals surface area contributed by atoms with Crippen molar-refractivity contribution in [2.45, 2.75) is 39.0 Å². The number of hydrogen-bond donors (Lipinski definition) is 0. The van der Waals surface area contributed by atoms with Crippen LogP contribution in [0.5, 0.6) is 0 Å². The first kappa shape index (κ1) is 15.8. The van der Waals surface area contributed by atoms with E-state index in [4.69, 9.17) is 16.6 Å². The monoisotopic (exact) mass is 302 g/mol. The van der Waals surface area contributed by atoms with E-state index in [2.05, 4.69) is 55.1 Å². The van der Waals surface area contributed by atoms with Crippen molar-refractivity contribution in [2.24, 2.45) is 0 Å². The predicted octanol–water partition coefficient (Wildman–Crippen LogP) is 5.32. The maximum absolute atomic E-state index is 6.04. The Morgan fingerprint density at radius 2 is 1.86 bits per heavy atom. The van der Waals surface area contributed by atoms with Gasteiger partial charge in [0.2, 0.25) is 0 Å². The molecule has 0 fully saturated rings. The van der Waals surface area contributed by atoms with Crippen molar-refractivity contribution < 1.29 is 0 Å². The highest BCUT2D eigenvalue weighted by Gasteiger charge is 2.12. The van der Waals surface area contributed by atoms with Gasteiger partial charge in [0.25, 0.3) is 0 Å². The van der Waals surface area contributed by atoms with Gasteiger partial charge >= 0.3 is 0 Å². The van der Waals surface area contributed by atoms with Gasteiger partial charge < -0.3 is 4.90 Å². The van der Waals surface area contributed by atoms with Crippen LogP contribution in [0.15, 0.2) is 42.5 Å². The van der Waals surface area contributed by atoms with Crippen molar-refractivity contribution in [2.75, 3.05) is 11.4 Å². The highest BCUT2D eigenvalue weighted by atomic mass is 35.5. The summed E-state index contributed by atoms with van der Waals surface area (Å²) in [6.07, 6.45) is 3.23. The van der Waals surface area contributed by atoms with E-state index in [0.717, 1.165) is 36.5 Å². The van der Waals surface area contributed by atoms with E-state index in [1.165, 1.54) is 12.1 Å². The lowest BCUT2D eigenvalue weighted by Crippen LogP contribution is -2.20. The summed E-state index contributed by atoms with van der Waals surface area (Å²) in [7, 11) is 0. The number of nitrogens with zero attached hydrogens (tertiary/aromatic N) is 2. The Bertz CT molecular complexity index is 532. The minimum atomic E-state index is 0.527. The number of unbranched alkanes of at least 4 members (excludes halogenated alkanes) is 1. The molecular weight excluding hydrogens is 280 g/mol. The Hall–Kier alpha value is -1.54. The van der Waals surface area contributed by atoms with Crippen LogP contribution < -0.4 is 4.90 Å². The summed E-state index contributed by atoms with van der Waals surface area (Å²) in [5, 5.41) is 0. The quantitative estimate of drug-likeness (QED) is 0.643. The molecule has 3 heteroatoms. The van der Waals surface area contributed by atoms with E-state index in [0.29, 0.717) is 5.88 Å². The average Bonchev–Trinajstić information content (AvgIpc) is 2.55. The zero-order valence-electron chi connectivity index (χ0n) is 12.8. The summed E-state index contributed by atoms with van der Waals surface area (Å²) in [5.41, 5.74) is 3.42. The van der Waals surface area contributed by atoms with Gasteiger partial charge in [0.1, 0.15) is 5.82 Å². The average molecular weight is 303 g/mol. The molecule has 0 amide bonds.